The monoisotopic (exact) mass is 290 g/mol. The molecule has 21 heavy (non-hydrogen) atoms. The molecule has 0 aliphatic heterocycles. The summed E-state index contributed by atoms with van der Waals surface area (Å²) < 4.78 is 4.84. The van der Waals surface area contributed by atoms with Gasteiger partial charge >= 0.3 is 5.97 Å². The average Bonchev–Trinajstić information content (AvgIpc) is 2.47. The fourth-order valence-electron chi connectivity index (χ4n) is 3.04. The molecule has 2 rings (SSSR count). The van der Waals surface area contributed by atoms with E-state index in [1.165, 1.54) is 31.2 Å². The van der Waals surface area contributed by atoms with Crippen molar-refractivity contribution in [1.29, 1.82) is 0 Å². The predicted molar refractivity (Wildman–Crippen MR) is 83.0 cm³/mol. The third-order valence-electron chi connectivity index (χ3n) is 4.57. The first-order chi connectivity index (χ1) is 9.93. The number of carbonyl (C=O) groups excluding carboxylic acids is 1. The second kappa shape index (κ2) is 6.61. The van der Waals surface area contributed by atoms with E-state index in [9.17, 15) is 9.90 Å². The summed E-state index contributed by atoms with van der Waals surface area (Å²) in [6, 6.07) is 7.77. The molecular weight excluding hydrogens is 264 g/mol. The maximum atomic E-state index is 11.5. The van der Waals surface area contributed by atoms with E-state index in [0.29, 0.717) is 16.9 Å². The van der Waals surface area contributed by atoms with Crippen molar-refractivity contribution in [3.63, 3.8) is 0 Å². The van der Waals surface area contributed by atoms with Crippen LogP contribution in [0.4, 0.5) is 0 Å². The van der Waals surface area contributed by atoms with Gasteiger partial charge < -0.3 is 9.84 Å². The van der Waals surface area contributed by atoms with Gasteiger partial charge in [-0.2, -0.15) is 0 Å². The number of esters is 1. The first-order valence-corrected chi connectivity index (χ1v) is 7.87. The summed E-state index contributed by atoms with van der Waals surface area (Å²) >= 11 is 0. The van der Waals surface area contributed by atoms with E-state index < -0.39 is 12.1 Å². The smallest absolute Gasteiger partial charge is 0.339 e. The van der Waals surface area contributed by atoms with Gasteiger partial charge in [0.2, 0.25) is 0 Å². The number of carbonyl (C=O) groups is 1. The molecule has 0 aromatic heterocycles. The van der Waals surface area contributed by atoms with Crippen LogP contribution in [0.25, 0.3) is 0 Å². The predicted octanol–water partition coefficient (Wildman–Crippen LogP) is 3.97. The number of hydrogen-bond acceptors (Lipinski definition) is 3. The van der Waals surface area contributed by atoms with E-state index in [1.54, 1.807) is 6.92 Å². The van der Waals surface area contributed by atoms with E-state index in [2.05, 4.69) is 13.8 Å². The molecule has 1 aliphatic rings. The molecule has 0 amide bonds. The molecule has 1 unspecified atom stereocenters. The van der Waals surface area contributed by atoms with Gasteiger partial charge in [0, 0.05) is 0 Å². The van der Waals surface area contributed by atoms with Crippen LogP contribution >= 0.6 is 0 Å². The van der Waals surface area contributed by atoms with Crippen LogP contribution in [0.5, 0.6) is 0 Å². The molecule has 3 heteroatoms. The average molecular weight is 290 g/mol. The van der Waals surface area contributed by atoms with Gasteiger partial charge in [-0.1, -0.05) is 38.1 Å². The third-order valence-corrected chi connectivity index (χ3v) is 4.57. The Bertz CT molecular complexity index is 466. The topological polar surface area (TPSA) is 46.5 Å². The maximum Gasteiger partial charge on any atom is 0.339 e. The Labute approximate surface area is 127 Å². The molecular formula is C18H26O3. The molecule has 0 spiro atoms. The Kier molecular flexibility index (Phi) is 5.04. The highest BCUT2D eigenvalue weighted by atomic mass is 16.5. The van der Waals surface area contributed by atoms with Crippen molar-refractivity contribution >= 4 is 5.97 Å². The molecule has 0 radical (unpaired) electrons. The largest absolute Gasteiger partial charge is 0.464 e. The van der Waals surface area contributed by atoms with Gasteiger partial charge in [-0.25, -0.2) is 4.79 Å². The van der Waals surface area contributed by atoms with Gasteiger partial charge in [0.1, 0.15) is 0 Å². The van der Waals surface area contributed by atoms with Crippen molar-refractivity contribution in [3.8, 4) is 0 Å². The van der Waals surface area contributed by atoms with Gasteiger partial charge in [-0.05, 0) is 55.1 Å². The molecule has 0 heterocycles. The number of ether oxygens (including phenoxy) is 1. The van der Waals surface area contributed by atoms with E-state index in [1.807, 2.05) is 24.3 Å². The first-order valence-electron chi connectivity index (χ1n) is 7.87. The van der Waals surface area contributed by atoms with Crippen LogP contribution < -0.4 is 0 Å². The molecule has 1 aromatic rings. The highest BCUT2D eigenvalue weighted by Gasteiger charge is 2.27. The van der Waals surface area contributed by atoms with Crippen molar-refractivity contribution in [1.82, 2.24) is 0 Å². The minimum Gasteiger partial charge on any atom is -0.464 e. The van der Waals surface area contributed by atoms with Crippen LogP contribution in [0.2, 0.25) is 0 Å². The highest BCUT2D eigenvalue weighted by molar-refractivity contribution is 5.76. The van der Waals surface area contributed by atoms with Crippen LogP contribution in [0, 0.1) is 5.41 Å². The van der Waals surface area contributed by atoms with Crippen LogP contribution in [0.1, 0.15) is 69.6 Å². The molecule has 1 aliphatic carbocycles. The lowest BCUT2D eigenvalue weighted by Gasteiger charge is -2.34. The minimum absolute atomic E-state index is 0.284. The summed E-state index contributed by atoms with van der Waals surface area (Å²) in [5.41, 5.74) is 2.38. The van der Waals surface area contributed by atoms with Crippen molar-refractivity contribution in [2.45, 2.75) is 58.5 Å². The summed E-state index contributed by atoms with van der Waals surface area (Å²) in [5.74, 6) is 0.0245. The fraction of sp³-hybridized carbons (Fsp3) is 0.611. The lowest BCUT2D eigenvalue weighted by atomic mass is 9.71. The van der Waals surface area contributed by atoms with Crippen LogP contribution in [0.15, 0.2) is 24.3 Å². The zero-order valence-electron chi connectivity index (χ0n) is 13.3. The molecule has 1 atom stereocenters. The Balaban J connectivity index is 2.01. The lowest BCUT2D eigenvalue weighted by Crippen LogP contribution is -2.20. The quantitative estimate of drug-likeness (QED) is 0.854. The van der Waals surface area contributed by atoms with Crippen molar-refractivity contribution < 1.29 is 14.6 Å². The van der Waals surface area contributed by atoms with Crippen LogP contribution in [0.3, 0.4) is 0 Å². The Morgan fingerprint density at radius 3 is 2.38 bits per heavy atom. The fourth-order valence-corrected chi connectivity index (χ4v) is 3.04. The number of hydrogen-bond donors (Lipinski definition) is 1. The Hall–Kier alpha value is -1.35. The van der Waals surface area contributed by atoms with Gasteiger partial charge in [0.15, 0.2) is 6.10 Å². The zero-order valence-corrected chi connectivity index (χ0v) is 13.3. The van der Waals surface area contributed by atoms with E-state index in [0.717, 1.165) is 0 Å². The summed E-state index contributed by atoms with van der Waals surface area (Å²) in [5, 5.41) is 9.92. The van der Waals surface area contributed by atoms with Crippen molar-refractivity contribution in [2.75, 3.05) is 6.61 Å². The minimum atomic E-state index is -1.18. The zero-order chi connectivity index (χ0) is 15.5. The van der Waals surface area contributed by atoms with Gasteiger partial charge in [-0.15, -0.1) is 0 Å². The van der Waals surface area contributed by atoms with E-state index in [-0.39, 0.29) is 6.61 Å². The Morgan fingerprint density at radius 2 is 1.86 bits per heavy atom. The molecule has 116 valence electrons. The lowest BCUT2D eigenvalue weighted by molar-refractivity contribution is -0.153. The van der Waals surface area contributed by atoms with Crippen molar-refractivity contribution in [2.24, 2.45) is 5.41 Å². The first kappa shape index (κ1) is 16.0. The van der Waals surface area contributed by atoms with E-state index >= 15 is 0 Å². The molecule has 0 bridgehead atoms. The second-order valence-corrected chi connectivity index (χ2v) is 6.76. The van der Waals surface area contributed by atoms with Gasteiger partial charge in [0.05, 0.1) is 6.61 Å². The van der Waals surface area contributed by atoms with Gasteiger partial charge in [0.25, 0.3) is 0 Å². The summed E-state index contributed by atoms with van der Waals surface area (Å²) in [4.78, 5) is 11.5. The van der Waals surface area contributed by atoms with Crippen LogP contribution in [-0.2, 0) is 9.53 Å². The number of aliphatic hydroxyl groups excluding tert-OH is 1. The molecule has 1 fully saturated rings. The van der Waals surface area contributed by atoms with Crippen LogP contribution in [-0.4, -0.2) is 17.7 Å². The summed E-state index contributed by atoms with van der Waals surface area (Å²) in [6.07, 6.45) is 3.76. The number of rotatable bonds is 4. The Morgan fingerprint density at radius 1 is 1.29 bits per heavy atom. The molecule has 3 nitrogen and oxygen atoms in total. The second-order valence-electron chi connectivity index (χ2n) is 6.76. The molecule has 1 saturated carbocycles. The van der Waals surface area contributed by atoms with Crippen molar-refractivity contribution in [3.05, 3.63) is 35.4 Å². The highest BCUT2D eigenvalue weighted by Crippen LogP contribution is 2.42. The number of aliphatic hydroxyl groups is 1. The maximum absolute atomic E-state index is 11.5. The summed E-state index contributed by atoms with van der Waals surface area (Å²) in [7, 11) is 0. The van der Waals surface area contributed by atoms with Gasteiger partial charge in [-0.3, -0.25) is 0 Å². The third kappa shape index (κ3) is 4.07. The summed E-state index contributed by atoms with van der Waals surface area (Å²) in [6.45, 7) is 6.69. The molecule has 1 N–H and O–H groups in total. The molecule has 1 aromatic carbocycles. The van der Waals surface area contributed by atoms with E-state index in [4.69, 9.17) is 4.74 Å². The SMILES string of the molecule is CCOC(=O)C(O)c1ccc(C2CCC(C)(C)CC2)cc1. The normalized spacial score (nSPS) is 20.0. The molecule has 0 saturated heterocycles. The standard InChI is InChI=1S/C18H26O3/c1-4-21-17(20)16(19)15-7-5-13(6-8-15)14-9-11-18(2,3)12-10-14/h5-8,14,16,19H,4,9-12H2,1-3H3. The number of benzene rings is 1.